The maximum atomic E-state index is 12.3. The number of carbonyl (C=O) groups is 1. The van der Waals surface area contributed by atoms with Crippen LogP contribution < -0.4 is 0 Å². The molecule has 7 heteroatoms. The quantitative estimate of drug-likeness (QED) is 0.791. The van der Waals surface area contributed by atoms with E-state index in [1.807, 2.05) is 0 Å². The van der Waals surface area contributed by atoms with Crippen molar-refractivity contribution in [2.24, 2.45) is 0 Å². The minimum absolute atomic E-state index is 0.236. The van der Waals surface area contributed by atoms with Gasteiger partial charge in [0.25, 0.3) is 0 Å². The minimum Gasteiger partial charge on any atom is -0.481 e. The number of nitrogens with one attached hydrogen (secondary N) is 1. The van der Waals surface area contributed by atoms with Gasteiger partial charge in [-0.2, -0.15) is 18.3 Å². The Morgan fingerprint density at radius 3 is 2.64 bits per heavy atom. The number of alkyl halides is 3. The summed E-state index contributed by atoms with van der Waals surface area (Å²) >= 11 is 0. The van der Waals surface area contributed by atoms with Gasteiger partial charge in [-0.05, 0) is 6.07 Å². The van der Waals surface area contributed by atoms with Crippen LogP contribution in [0.15, 0.2) is 12.3 Å². The minimum atomic E-state index is -4.58. The molecule has 1 rings (SSSR count). The van der Waals surface area contributed by atoms with Gasteiger partial charge in [0, 0.05) is 11.9 Å². The number of aromatic amines is 1. The molecular weight excluding hydrogens is 201 g/mol. The Morgan fingerprint density at radius 1 is 1.64 bits per heavy atom. The van der Waals surface area contributed by atoms with Gasteiger partial charge >= 0.3 is 12.1 Å². The number of aliphatic carboxylic acids is 1. The Balaban J connectivity index is 2.89. The number of aromatic nitrogens is 2. The highest BCUT2D eigenvalue weighted by molar-refractivity contribution is 5.68. The smallest absolute Gasteiger partial charge is 0.397 e. The van der Waals surface area contributed by atoms with Crippen molar-refractivity contribution in [1.82, 2.24) is 10.2 Å². The molecule has 0 saturated carbocycles. The molecule has 0 aliphatic rings. The summed E-state index contributed by atoms with van der Waals surface area (Å²) in [4.78, 5) is 10.2. The number of carboxylic acid groups (broad SMARTS) is 1. The predicted molar refractivity (Wildman–Crippen MR) is 39.6 cm³/mol. The Hall–Kier alpha value is -1.53. The average Bonchev–Trinajstić information content (AvgIpc) is 2.49. The highest BCUT2D eigenvalue weighted by Gasteiger charge is 2.42. The van der Waals surface area contributed by atoms with Gasteiger partial charge in [0.05, 0.1) is 6.42 Å². The van der Waals surface area contributed by atoms with Crippen LogP contribution >= 0.6 is 0 Å². The van der Waals surface area contributed by atoms with E-state index < -0.39 is 24.5 Å². The summed E-state index contributed by atoms with van der Waals surface area (Å²) in [6.45, 7) is 0. The zero-order valence-electron chi connectivity index (χ0n) is 6.88. The van der Waals surface area contributed by atoms with E-state index in [1.165, 1.54) is 0 Å². The topological polar surface area (TPSA) is 66.0 Å². The van der Waals surface area contributed by atoms with E-state index in [-0.39, 0.29) is 5.69 Å². The molecule has 0 amide bonds. The number of hydrogen-bond donors (Lipinski definition) is 2. The standard InChI is InChI=1S/C7H7F3N2O2/c8-7(9,10)4(3-6(13)14)5-1-2-11-12-5/h1-2,4H,3H2,(H,11,12)(H,13,14). The molecular formula is C7H7F3N2O2. The van der Waals surface area contributed by atoms with Gasteiger partial charge in [0.15, 0.2) is 0 Å². The van der Waals surface area contributed by atoms with Gasteiger partial charge in [-0.25, -0.2) is 0 Å². The lowest BCUT2D eigenvalue weighted by Crippen LogP contribution is -2.23. The highest BCUT2D eigenvalue weighted by Crippen LogP contribution is 2.36. The van der Waals surface area contributed by atoms with Crippen molar-refractivity contribution in [2.75, 3.05) is 0 Å². The molecule has 0 aliphatic carbocycles. The second-order valence-corrected chi connectivity index (χ2v) is 2.70. The summed E-state index contributed by atoms with van der Waals surface area (Å²) in [5.41, 5.74) is -0.236. The molecule has 2 N–H and O–H groups in total. The maximum Gasteiger partial charge on any atom is 0.397 e. The van der Waals surface area contributed by atoms with Crippen molar-refractivity contribution in [3.63, 3.8) is 0 Å². The summed E-state index contributed by atoms with van der Waals surface area (Å²) in [5, 5.41) is 13.8. The molecule has 0 radical (unpaired) electrons. The molecule has 1 aromatic rings. The molecule has 0 aliphatic heterocycles. The van der Waals surface area contributed by atoms with Crippen molar-refractivity contribution in [1.29, 1.82) is 0 Å². The first-order valence-corrected chi connectivity index (χ1v) is 3.69. The van der Waals surface area contributed by atoms with E-state index in [0.717, 1.165) is 12.3 Å². The third kappa shape index (κ3) is 2.48. The second-order valence-electron chi connectivity index (χ2n) is 2.70. The van der Waals surface area contributed by atoms with E-state index in [9.17, 15) is 18.0 Å². The Morgan fingerprint density at radius 2 is 2.29 bits per heavy atom. The van der Waals surface area contributed by atoms with E-state index in [0.29, 0.717) is 0 Å². The van der Waals surface area contributed by atoms with Gasteiger partial charge < -0.3 is 5.11 Å². The fourth-order valence-corrected chi connectivity index (χ4v) is 1.04. The van der Waals surface area contributed by atoms with E-state index in [2.05, 4.69) is 10.2 Å². The van der Waals surface area contributed by atoms with Gasteiger partial charge in [-0.15, -0.1) is 0 Å². The molecule has 1 heterocycles. The van der Waals surface area contributed by atoms with Gasteiger partial charge in [0.1, 0.15) is 5.92 Å². The molecule has 14 heavy (non-hydrogen) atoms. The van der Waals surface area contributed by atoms with Crippen LogP contribution in [-0.2, 0) is 4.79 Å². The van der Waals surface area contributed by atoms with E-state index in [1.54, 1.807) is 0 Å². The lowest BCUT2D eigenvalue weighted by molar-refractivity contribution is -0.164. The van der Waals surface area contributed by atoms with Crippen molar-refractivity contribution < 1.29 is 23.1 Å². The average molecular weight is 208 g/mol. The molecule has 1 aromatic heterocycles. The summed E-state index contributed by atoms with van der Waals surface area (Å²) in [7, 11) is 0. The first-order valence-electron chi connectivity index (χ1n) is 3.69. The maximum absolute atomic E-state index is 12.3. The largest absolute Gasteiger partial charge is 0.481 e. The molecule has 1 atom stereocenters. The van der Waals surface area contributed by atoms with E-state index >= 15 is 0 Å². The third-order valence-electron chi connectivity index (χ3n) is 1.67. The van der Waals surface area contributed by atoms with Crippen LogP contribution in [0.1, 0.15) is 18.0 Å². The van der Waals surface area contributed by atoms with Crippen LogP contribution in [0.4, 0.5) is 13.2 Å². The number of carboxylic acids is 1. The zero-order valence-corrected chi connectivity index (χ0v) is 6.88. The normalized spacial score (nSPS) is 13.9. The van der Waals surface area contributed by atoms with E-state index in [4.69, 9.17) is 5.11 Å². The Kier molecular flexibility index (Phi) is 2.78. The molecule has 0 bridgehead atoms. The van der Waals surface area contributed by atoms with Crippen molar-refractivity contribution >= 4 is 5.97 Å². The summed E-state index contributed by atoms with van der Waals surface area (Å²) < 4.78 is 37.0. The first kappa shape index (κ1) is 10.6. The lowest BCUT2D eigenvalue weighted by Gasteiger charge is -2.16. The molecule has 0 aromatic carbocycles. The molecule has 4 nitrogen and oxygen atoms in total. The first-order chi connectivity index (χ1) is 6.41. The highest BCUT2D eigenvalue weighted by atomic mass is 19.4. The number of nitrogens with zero attached hydrogens (tertiary/aromatic N) is 1. The zero-order chi connectivity index (χ0) is 10.8. The lowest BCUT2D eigenvalue weighted by atomic mass is 10.0. The molecule has 0 saturated heterocycles. The number of halogens is 3. The fraction of sp³-hybridized carbons (Fsp3) is 0.429. The number of H-pyrrole nitrogens is 1. The van der Waals surface area contributed by atoms with Crippen LogP contribution in [0.3, 0.4) is 0 Å². The van der Waals surface area contributed by atoms with Crippen molar-refractivity contribution in [3.05, 3.63) is 18.0 Å². The van der Waals surface area contributed by atoms with Crippen molar-refractivity contribution in [2.45, 2.75) is 18.5 Å². The molecule has 0 fully saturated rings. The van der Waals surface area contributed by atoms with Crippen LogP contribution in [0.2, 0.25) is 0 Å². The molecule has 1 unspecified atom stereocenters. The fourth-order valence-electron chi connectivity index (χ4n) is 1.04. The Labute approximate surface area is 76.7 Å². The summed E-state index contributed by atoms with van der Waals surface area (Å²) in [5.74, 6) is -3.52. The van der Waals surface area contributed by atoms with Crippen LogP contribution in [0.5, 0.6) is 0 Å². The van der Waals surface area contributed by atoms with Crippen LogP contribution in [0.25, 0.3) is 0 Å². The molecule has 0 spiro atoms. The molecule has 78 valence electrons. The van der Waals surface area contributed by atoms with Gasteiger partial charge in [0.2, 0.25) is 0 Å². The number of rotatable bonds is 3. The third-order valence-corrected chi connectivity index (χ3v) is 1.67. The monoisotopic (exact) mass is 208 g/mol. The van der Waals surface area contributed by atoms with Crippen LogP contribution in [0, 0.1) is 0 Å². The van der Waals surface area contributed by atoms with Crippen LogP contribution in [-0.4, -0.2) is 27.4 Å². The SMILES string of the molecule is O=C(O)CC(c1ccn[nH]1)C(F)(F)F. The van der Waals surface area contributed by atoms with Gasteiger partial charge in [-0.1, -0.05) is 0 Å². The predicted octanol–water partition coefficient (Wildman–Crippen LogP) is 1.53. The summed E-state index contributed by atoms with van der Waals surface area (Å²) in [6.07, 6.45) is -4.42. The number of hydrogen-bond acceptors (Lipinski definition) is 2. The summed E-state index contributed by atoms with van der Waals surface area (Å²) in [6, 6.07) is 1.11. The van der Waals surface area contributed by atoms with Gasteiger partial charge in [-0.3, -0.25) is 9.89 Å². The van der Waals surface area contributed by atoms with Crippen molar-refractivity contribution in [3.8, 4) is 0 Å². The second kappa shape index (κ2) is 3.69. The Bertz CT molecular complexity index is 307.